The molecular formula is C28H38ClN3OS. The average molecular weight is 500 g/mol. The van der Waals surface area contributed by atoms with E-state index in [9.17, 15) is 4.79 Å². The van der Waals surface area contributed by atoms with Crippen molar-refractivity contribution in [3.8, 4) is 0 Å². The van der Waals surface area contributed by atoms with E-state index < -0.39 is 0 Å². The number of piperidine rings is 1. The molecular weight excluding hydrogens is 462 g/mol. The lowest BCUT2D eigenvalue weighted by Crippen LogP contribution is -2.54. The van der Waals surface area contributed by atoms with Crippen LogP contribution in [0.15, 0.2) is 40.9 Å². The second kappa shape index (κ2) is 9.71. The maximum Gasteiger partial charge on any atom is 0.228 e. The highest BCUT2D eigenvalue weighted by molar-refractivity contribution is 8.05. The van der Waals surface area contributed by atoms with E-state index in [0.29, 0.717) is 23.8 Å². The Kier molecular flexibility index (Phi) is 6.64. The zero-order chi connectivity index (χ0) is 23.1. The highest BCUT2D eigenvalue weighted by Gasteiger charge is 2.55. The molecule has 1 unspecified atom stereocenters. The summed E-state index contributed by atoms with van der Waals surface area (Å²) in [7, 11) is 0. The molecule has 1 spiro atoms. The molecule has 5 aliphatic rings. The van der Waals surface area contributed by atoms with Crippen molar-refractivity contribution in [3.05, 3.63) is 46.5 Å². The molecule has 0 radical (unpaired) electrons. The highest BCUT2D eigenvalue weighted by Crippen LogP contribution is 2.56. The van der Waals surface area contributed by atoms with E-state index in [1.54, 1.807) is 11.8 Å². The average Bonchev–Trinajstić information content (AvgIpc) is 3.48. The number of alkyl halides is 1. The number of likely N-dealkylation sites (tertiary alicyclic amines) is 1. The molecule has 1 amide bonds. The van der Waals surface area contributed by atoms with E-state index in [4.69, 9.17) is 11.6 Å². The summed E-state index contributed by atoms with van der Waals surface area (Å²) in [5, 5.41) is 7.13. The number of fused-ring (bicyclic) bond motifs is 1. The minimum absolute atomic E-state index is 0.0356. The molecule has 3 heterocycles. The summed E-state index contributed by atoms with van der Waals surface area (Å²) in [5.41, 5.74) is 2.70. The standard InChI is InChI=1S/C28H38ClN3OS/c29-27-31-23-12-7-14-28(25(23)34-27)18-30-17-22(28)26(33)32-15-13-21(19-8-3-1-4-9-19)16-24(32)20-10-5-2-6-11-20/h1,3-4,8-9,20-22,24,27,30-31H,2,5-7,10-18H2/t21-,22+,24+,27?,28-/m1/s1. The third-order valence-corrected chi connectivity index (χ3v) is 11.0. The van der Waals surface area contributed by atoms with Gasteiger partial charge >= 0.3 is 0 Å². The van der Waals surface area contributed by atoms with E-state index >= 15 is 0 Å². The lowest BCUT2D eigenvalue weighted by Gasteiger charge is -2.47. The van der Waals surface area contributed by atoms with Crippen LogP contribution in [-0.2, 0) is 4.79 Å². The van der Waals surface area contributed by atoms with Crippen molar-refractivity contribution in [2.75, 3.05) is 19.6 Å². The fourth-order valence-electron chi connectivity index (χ4n) is 7.75. The molecule has 5 atom stereocenters. The van der Waals surface area contributed by atoms with Crippen molar-refractivity contribution >= 4 is 29.3 Å². The molecule has 0 aromatic heterocycles. The van der Waals surface area contributed by atoms with Gasteiger partial charge in [-0.15, -0.1) is 0 Å². The topological polar surface area (TPSA) is 44.4 Å². The Morgan fingerprint density at radius 1 is 1.09 bits per heavy atom. The fraction of sp³-hybridized carbons (Fsp3) is 0.679. The SMILES string of the molecule is O=C([C@@H]1CNC[C@]12CCCC1=C2SC(Cl)N1)N1CC[C@@H](c2ccccc2)C[C@H]1C1CCCCC1. The van der Waals surface area contributed by atoms with Gasteiger partial charge in [0, 0.05) is 41.7 Å². The molecule has 0 bridgehead atoms. The molecule has 1 saturated carbocycles. The van der Waals surface area contributed by atoms with Crippen molar-refractivity contribution in [2.24, 2.45) is 17.3 Å². The molecule has 2 saturated heterocycles. The number of carbonyl (C=O) groups excluding carboxylic acids is 1. The number of benzene rings is 1. The van der Waals surface area contributed by atoms with Crippen LogP contribution >= 0.6 is 23.4 Å². The molecule has 1 aromatic carbocycles. The molecule has 4 nitrogen and oxygen atoms in total. The monoisotopic (exact) mass is 499 g/mol. The molecule has 6 rings (SSSR count). The highest BCUT2D eigenvalue weighted by atomic mass is 35.5. The van der Waals surface area contributed by atoms with Gasteiger partial charge in [-0.3, -0.25) is 4.79 Å². The number of halogens is 1. The number of allylic oxidation sites excluding steroid dienone is 1. The van der Waals surface area contributed by atoms with Gasteiger partial charge in [0.05, 0.1) is 5.92 Å². The Labute approximate surface area is 213 Å². The molecule has 2 N–H and O–H groups in total. The third kappa shape index (κ3) is 4.10. The summed E-state index contributed by atoms with van der Waals surface area (Å²) in [6.45, 7) is 2.62. The van der Waals surface area contributed by atoms with Crippen molar-refractivity contribution in [3.63, 3.8) is 0 Å². The third-order valence-electron chi connectivity index (χ3n) is 9.43. The van der Waals surface area contributed by atoms with Gasteiger partial charge in [-0.2, -0.15) is 0 Å². The Morgan fingerprint density at radius 3 is 2.74 bits per heavy atom. The van der Waals surface area contributed by atoms with Crippen molar-refractivity contribution < 1.29 is 4.79 Å². The maximum atomic E-state index is 14.4. The number of rotatable bonds is 3. The first kappa shape index (κ1) is 23.2. The minimum atomic E-state index is -0.0899. The number of carbonyl (C=O) groups is 1. The van der Waals surface area contributed by atoms with Crippen LogP contribution in [0.5, 0.6) is 0 Å². The second-order valence-electron chi connectivity index (χ2n) is 11.2. The first-order valence-corrected chi connectivity index (χ1v) is 14.8. The van der Waals surface area contributed by atoms with Crippen LogP contribution in [-0.4, -0.2) is 41.3 Å². The second-order valence-corrected chi connectivity index (χ2v) is 13.0. The van der Waals surface area contributed by atoms with E-state index in [-0.39, 0.29) is 16.2 Å². The van der Waals surface area contributed by atoms with Crippen molar-refractivity contribution in [1.29, 1.82) is 0 Å². The predicted molar refractivity (Wildman–Crippen MR) is 141 cm³/mol. The first-order valence-electron chi connectivity index (χ1n) is 13.5. The number of nitrogens with zero attached hydrogens (tertiary/aromatic N) is 1. The van der Waals surface area contributed by atoms with Crippen LogP contribution in [0.4, 0.5) is 0 Å². The summed E-state index contributed by atoms with van der Waals surface area (Å²) < 4.78 is 0. The summed E-state index contributed by atoms with van der Waals surface area (Å²) in [5.74, 6) is 1.68. The number of nitrogens with one attached hydrogen (secondary N) is 2. The lowest BCUT2D eigenvalue weighted by atomic mass is 9.69. The molecule has 184 valence electrons. The first-order chi connectivity index (χ1) is 16.7. The normalized spacial score (nSPS) is 36.6. The molecule has 6 heteroatoms. The number of thioether (sulfide) groups is 1. The van der Waals surface area contributed by atoms with Gasteiger partial charge in [-0.1, -0.05) is 73.0 Å². The molecule has 1 aromatic rings. The molecule has 34 heavy (non-hydrogen) atoms. The molecule has 3 aliphatic heterocycles. The zero-order valence-electron chi connectivity index (χ0n) is 20.1. The predicted octanol–water partition coefficient (Wildman–Crippen LogP) is 5.80. The van der Waals surface area contributed by atoms with Gasteiger partial charge in [0.15, 0.2) is 4.83 Å². The number of hydrogen-bond acceptors (Lipinski definition) is 4. The zero-order valence-corrected chi connectivity index (χ0v) is 21.7. The van der Waals surface area contributed by atoms with Gasteiger partial charge in [0.2, 0.25) is 5.91 Å². The number of hydrogen-bond donors (Lipinski definition) is 2. The van der Waals surface area contributed by atoms with Gasteiger partial charge in [0.1, 0.15) is 0 Å². The van der Waals surface area contributed by atoms with Crippen molar-refractivity contribution in [2.45, 2.75) is 81.0 Å². The summed E-state index contributed by atoms with van der Waals surface area (Å²) >= 11 is 8.28. The van der Waals surface area contributed by atoms with Crippen LogP contribution < -0.4 is 10.6 Å². The van der Waals surface area contributed by atoms with E-state index in [1.807, 2.05) is 0 Å². The van der Waals surface area contributed by atoms with Gasteiger partial charge in [0.25, 0.3) is 0 Å². The van der Waals surface area contributed by atoms with Crippen LogP contribution in [0.2, 0.25) is 0 Å². The molecule has 2 aliphatic carbocycles. The van der Waals surface area contributed by atoms with Crippen LogP contribution in [0, 0.1) is 17.3 Å². The van der Waals surface area contributed by atoms with E-state index in [1.165, 1.54) is 48.3 Å². The Morgan fingerprint density at radius 2 is 1.91 bits per heavy atom. The van der Waals surface area contributed by atoms with Gasteiger partial charge < -0.3 is 15.5 Å². The minimum Gasteiger partial charge on any atom is -0.363 e. The van der Waals surface area contributed by atoms with E-state index in [0.717, 1.165) is 51.7 Å². The largest absolute Gasteiger partial charge is 0.363 e. The fourth-order valence-corrected chi connectivity index (χ4v) is 9.41. The van der Waals surface area contributed by atoms with E-state index in [2.05, 4.69) is 45.9 Å². The quantitative estimate of drug-likeness (QED) is 0.407. The smallest absolute Gasteiger partial charge is 0.228 e. The molecule has 3 fully saturated rings. The van der Waals surface area contributed by atoms with Crippen LogP contribution in [0.3, 0.4) is 0 Å². The summed E-state index contributed by atoms with van der Waals surface area (Å²) in [4.78, 5) is 18.1. The number of amides is 1. The van der Waals surface area contributed by atoms with Crippen molar-refractivity contribution in [1.82, 2.24) is 15.5 Å². The van der Waals surface area contributed by atoms with Crippen LogP contribution in [0.1, 0.15) is 75.7 Å². The van der Waals surface area contributed by atoms with Gasteiger partial charge in [-0.05, 0) is 62.3 Å². The lowest BCUT2D eigenvalue weighted by molar-refractivity contribution is -0.143. The Balaban J connectivity index is 1.28. The maximum absolute atomic E-state index is 14.4. The van der Waals surface area contributed by atoms with Crippen LogP contribution in [0.25, 0.3) is 0 Å². The Bertz CT molecular complexity index is 933. The summed E-state index contributed by atoms with van der Waals surface area (Å²) in [6, 6.07) is 11.4. The van der Waals surface area contributed by atoms with Gasteiger partial charge in [-0.25, -0.2) is 0 Å². The summed E-state index contributed by atoms with van der Waals surface area (Å²) in [6.07, 6.45) is 12.1. The Hall–Kier alpha value is -1.17.